The molecule has 0 atom stereocenters. The Labute approximate surface area is 122 Å². The topological polar surface area (TPSA) is 69.4 Å². The molecule has 1 aromatic carbocycles. The fraction of sp³-hybridized carbons (Fsp3) is 0.0769. The third-order valence-corrected chi connectivity index (χ3v) is 3.28. The first-order valence-corrected chi connectivity index (χ1v) is 6.54. The van der Waals surface area contributed by atoms with Crippen molar-refractivity contribution in [1.29, 1.82) is 0 Å². The maximum Gasteiger partial charge on any atom is 0.378 e. The molecule has 0 aliphatic rings. The Bertz CT molecular complexity index is 783. The fourth-order valence-corrected chi connectivity index (χ4v) is 2.08. The summed E-state index contributed by atoms with van der Waals surface area (Å²) in [6.07, 6.45) is 1.63. The van der Waals surface area contributed by atoms with E-state index in [1.807, 2.05) is 30.3 Å². The van der Waals surface area contributed by atoms with Crippen LogP contribution in [0.2, 0.25) is 0 Å². The third kappa shape index (κ3) is 2.16. The highest BCUT2D eigenvalue weighted by molar-refractivity contribution is 9.10. The molecule has 0 unspecified atom stereocenters. The number of aromatic nitrogens is 4. The van der Waals surface area contributed by atoms with Crippen LogP contribution >= 0.6 is 15.9 Å². The highest BCUT2D eigenvalue weighted by Crippen LogP contribution is 2.21. The van der Waals surface area contributed by atoms with Gasteiger partial charge in [-0.15, -0.1) is 5.10 Å². The van der Waals surface area contributed by atoms with Gasteiger partial charge in [-0.25, -0.2) is 9.78 Å². The summed E-state index contributed by atoms with van der Waals surface area (Å²) in [7, 11) is 1.29. The van der Waals surface area contributed by atoms with Crippen molar-refractivity contribution < 1.29 is 9.53 Å². The van der Waals surface area contributed by atoms with Crippen LogP contribution in [0.15, 0.2) is 41.0 Å². The SMILES string of the molecule is COC(=O)c1nc2nccc(-c3ccc(Br)cc3)n2n1. The van der Waals surface area contributed by atoms with Gasteiger partial charge in [0.25, 0.3) is 11.6 Å². The van der Waals surface area contributed by atoms with Gasteiger partial charge in [0.1, 0.15) is 0 Å². The zero-order valence-electron chi connectivity index (χ0n) is 10.4. The number of esters is 1. The first kappa shape index (κ1) is 12.7. The molecule has 0 bridgehead atoms. The zero-order chi connectivity index (χ0) is 14.1. The second kappa shape index (κ2) is 5.01. The van der Waals surface area contributed by atoms with Gasteiger partial charge in [0.2, 0.25) is 0 Å². The van der Waals surface area contributed by atoms with Crippen LogP contribution in [-0.2, 0) is 4.74 Å². The number of rotatable bonds is 2. The van der Waals surface area contributed by atoms with Crippen LogP contribution in [0, 0.1) is 0 Å². The predicted molar refractivity (Wildman–Crippen MR) is 75.3 cm³/mol. The fourth-order valence-electron chi connectivity index (χ4n) is 1.81. The Hall–Kier alpha value is -2.28. The number of halogens is 1. The van der Waals surface area contributed by atoms with E-state index in [9.17, 15) is 4.79 Å². The van der Waals surface area contributed by atoms with Crippen molar-refractivity contribution in [2.24, 2.45) is 0 Å². The molecule has 0 saturated carbocycles. The predicted octanol–water partition coefficient (Wildman–Crippen LogP) is 2.34. The summed E-state index contributed by atoms with van der Waals surface area (Å²) in [6, 6.07) is 9.56. The van der Waals surface area contributed by atoms with Crippen molar-refractivity contribution in [2.45, 2.75) is 0 Å². The summed E-state index contributed by atoms with van der Waals surface area (Å²) in [6.45, 7) is 0. The number of hydrogen-bond donors (Lipinski definition) is 0. The van der Waals surface area contributed by atoms with Gasteiger partial charge in [-0.05, 0) is 18.2 Å². The van der Waals surface area contributed by atoms with Crippen molar-refractivity contribution in [1.82, 2.24) is 19.6 Å². The lowest BCUT2D eigenvalue weighted by molar-refractivity contribution is 0.0587. The molecule has 0 spiro atoms. The van der Waals surface area contributed by atoms with Crippen molar-refractivity contribution in [3.8, 4) is 11.3 Å². The number of carbonyl (C=O) groups is 1. The lowest BCUT2D eigenvalue weighted by atomic mass is 10.1. The van der Waals surface area contributed by atoms with Crippen molar-refractivity contribution in [2.75, 3.05) is 7.11 Å². The number of hydrogen-bond acceptors (Lipinski definition) is 5. The van der Waals surface area contributed by atoms with Gasteiger partial charge in [0.15, 0.2) is 0 Å². The standard InChI is InChI=1S/C13H9BrN4O2/c1-20-12(19)11-16-13-15-7-6-10(18(13)17-11)8-2-4-9(14)5-3-8/h2-7H,1H3. The number of fused-ring (bicyclic) bond motifs is 1. The van der Waals surface area contributed by atoms with Gasteiger partial charge in [-0.2, -0.15) is 9.50 Å². The molecule has 0 radical (unpaired) electrons. The van der Waals surface area contributed by atoms with Gasteiger partial charge in [0.05, 0.1) is 12.8 Å². The first-order chi connectivity index (χ1) is 9.69. The second-order valence-electron chi connectivity index (χ2n) is 3.98. The molecule has 3 rings (SSSR count). The number of ether oxygens (including phenoxy) is 1. The number of methoxy groups -OCH3 is 1. The summed E-state index contributed by atoms with van der Waals surface area (Å²) in [5, 5.41) is 4.14. The van der Waals surface area contributed by atoms with E-state index in [0.29, 0.717) is 5.78 Å². The van der Waals surface area contributed by atoms with E-state index >= 15 is 0 Å². The van der Waals surface area contributed by atoms with Crippen LogP contribution in [0.1, 0.15) is 10.6 Å². The Morgan fingerprint density at radius 2 is 2.00 bits per heavy atom. The van der Waals surface area contributed by atoms with Gasteiger partial charge in [-0.1, -0.05) is 28.1 Å². The smallest absolute Gasteiger partial charge is 0.378 e. The largest absolute Gasteiger partial charge is 0.463 e. The highest BCUT2D eigenvalue weighted by atomic mass is 79.9. The lowest BCUT2D eigenvalue weighted by Gasteiger charge is -2.03. The number of nitrogens with zero attached hydrogens (tertiary/aromatic N) is 4. The highest BCUT2D eigenvalue weighted by Gasteiger charge is 2.15. The Morgan fingerprint density at radius 3 is 2.70 bits per heavy atom. The Balaban J connectivity index is 2.18. The van der Waals surface area contributed by atoms with Crippen LogP contribution in [0.3, 0.4) is 0 Å². The van der Waals surface area contributed by atoms with Crippen molar-refractivity contribution in [3.05, 3.63) is 46.8 Å². The molecule has 2 heterocycles. The van der Waals surface area contributed by atoms with E-state index in [-0.39, 0.29) is 5.82 Å². The molecule has 7 heteroatoms. The van der Waals surface area contributed by atoms with Crippen molar-refractivity contribution in [3.63, 3.8) is 0 Å². The van der Waals surface area contributed by atoms with Crippen LogP contribution in [-0.4, -0.2) is 32.7 Å². The molecule has 6 nitrogen and oxygen atoms in total. The zero-order valence-corrected chi connectivity index (χ0v) is 12.0. The van der Waals surface area contributed by atoms with E-state index in [4.69, 9.17) is 0 Å². The summed E-state index contributed by atoms with van der Waals surface area (Å²) < 4.78 is 7.13. The minimum absolute atomic E-state index is 0.00967. The molecular weight excluding hydrogens is 324 g/mol. The Kier molecular flexibility index (Phi) is 3.19. The molecule has 0 aliphatic carbocycles. The second-order valence-corrected chi connectivity index (χ2v) is 4.89. The lowest BCUT2D eigenvalue weighted by Crippen LogP contribution is -2.04. The van der Waals surface area contributed by atoms with Crippen LogP contribution in [0.5, 0.6) is 0 Å². The number of benzene rings is 1. The molecule has 3 aromatic rings. The summed E-state index contributed by atoms with van der Waals surface area (Å²) in [4.78, 5) is 19.6. The average molecular weight is 333 g/mol. The quantitative estimate of drug-likeness (QED) is 0.673. The normalized spacial score (nSPS) is 10.7. The molecule has 0 N–H and O–H groups in total. The van der Waals surface area contributed by atoms with E-state index in [0.717, 1.165) is 15.7 Å². The maximum absolute atomic E-state index is 11.5. The molecule has 0 aliphatic heterocycles. The molecule has 0 saturated heterocycles. The van der Waals surface area contributed by atoms with Gasteiger partial charge in [-0.3, -0.25) is 0 Å². The maximum atomic E-state index is 11.5. The average Bonchev–Trinajstić information content (AvgIpc) is 2.91. The first-order valence-electron chi connectivity index (χ1n) is 5.75. The van der Waals surface area contributed by atoms with Crippen molar-refractivity contribution >= 4 is 27.7 Å². The summed E-state index contributed by atoms with van der Waals surface area (Å²) in [5.74, 6) is -0.243. The minimum atomic E-state index is -0.586. The molecule has 0 amide bonds. The van der Waals surface area contributed by atoms with Crippen LogP contribution in [0.4, 0.5) is 0 Å². The van der Waals surface area contributed by atoms with E-state index < -0.39 is 5.97 Å². The molecule has 0 fully saturated rings. The molecular formula is C13H9BrN4O2. The summed E-state index contributed by atoms with van der Waals surface area (Å²) in [5.41, 5.74) is 1.74. The van der Waals surface area contributed by atoms with Gasteiger partial charge in [0, 0.05) is 16.2 Å². The molecule has 100 valence electrons. The monoisotopic (exact) mass is 332 g/mol. The third-order valence-electron chi connectivity index (χ3n) is 2.75. The minimum Gasteiger partial charge on any atom is -0.463 e. The van der Waals surface area contributed by atoms with Crippen LogP contribution in [0.25, 0.3) is 17.0 Å². The van der Waals surface area contributed by atoms with E-state index in [1.165, 1.54) is 11.6 Å². The summed E-state index contributed by atoms with van der Waals surface area (Å²) >= 11 is 3.39. The van der Waals surface area contributed by atoms with Gasteiger partial charge >= 0.3 is 5.97 Å². The van der Waals surface area contributed by atoms with Crippen LogP contribution < -0.4 is 0 Å². The number of carbonyl (C=O) groups excluding carboxylic acids is 1. The Morgan fingerprint density at radius 1 is 1.25 bits per heavy atom. The van der Waals surface area contributed by atoms with E-state index in [1.54, 1.807) is 6.20 Å². The van der Waals surface area contributed by atoms with E-state index in [2.05, 4.69) is 35.7 Å². The van der Waals surface area contributed by atoms with Gasteiger partial charge < -0.3 is 4.74 Å². The molecule has 20 heavy (non-hydrogen) atoms. The molecule has 2 aromatic heterocycles.